The van der Waals surface area contributed by atoms with E-state index in [4.69, 9.17) is 16.0 Å². The summed E-state index contributed by atoms with van der Waals surface area (Å²) in [6.45, 7) is 3.93. The van der Waals surface area contributed by atoms with Crippen molar-refractivity contribution in [3.63, 3.8) is 0 Å². The molecule has 0 radical (unpaired) electrons. The first-order chi connectivity index (χ1) is 10.9. The van der Waals surface area contributed by atoms with Gasteiger partial charge in [-0.25, -0.2) is 4.79 Å². The van der Waals surface area contributed by atoms with Crippen molar-refractivity contribution in [2.24, 2.45) is 0 Å². The van der Waals surface area contributed by atoms with Gasteiger partial charge in [-0.15, -0.1) is 0 Å². The maximum Gasteiger partial charge on any atom is 0.314 e. The van der Waals surface area contributed by atoms with E-state index >= 15 is 0 Å². The molecule has 2 rings (SSSR count). The molecular weight excluding hydrogens is 316 g/mol. The number of rotatable bonds is 6. The summed E-state index contributed by atoms with van der Waals surface area (Å²) in [5, 5.41) is 16.4. The number of urea groups is 1. The Hall–Kier alpha value is -1.98. The Morgan fingerprint density at radius 1 is 1.30 bits per heavy atom. The third-order valence-electron chi connectivity index (χ3n) is 3.45. The first-order valence-electron chi connectivity index (χ1n) is 7.42. The lowest BCUT2D eigenvalue weighted by atomic mass is 10.0. The summed E-state index contributed by atoms with van der Waals surface area (Å²) in [7, 11) is 0. The highest BCUT2D eigenvalue weighted by molar-refractivity contribution is 6.30. The van der Waals surface area contributed by atoms with Crippen molar-refractivity contribution in [2.75, 3.05) is 13.1 Å². The van der Waals surface area contributed by atoms with E-state index in [2.05, 4.69) is 10.6 Å². The molecule has 124 valence electrons. The molecule has 3 N–H and O–H groups in total. The second-order valence-corrected chi connectivity index (χ2v) is 6.11. The first kappa shape index (κ1) is 17.4. The second-order valence-electron chi connectivity index (χ2n) is 5.67. The Bertz CT molecular complexity index is 667. The third kappa shape index (κ3) is 5.30. The highest BCUT2D eigenvalue weighted by atomic mass is 35.5. The summed E-state index contributed by atoms with van der Waals surface area (Å²) in [5.41, 5.74) is -0.200. The van der Waals surface area contributed by atoms with Crippen LogP contribution < -0.4 is 10.6 Å². The average molecular weight is 337 g/mol. The van der Waals surface area contributed by atoms with Gasteiger partial charge in [-0.1, -0.05) is 23.7 Å². The summed E-state index contributed by atoms with van der Waals surface area (Å²) < 4.78 is 5.40. The van der Waals surface area contributed by atoms with E-state index in [0.29, 0.717) is 29.5 Å². The Labute approximate surface area is 140 Å². The van der Waals surface area contributed by atoms with E-state index in [9.17, 15) is 9.90 Å². The minimum atomic E-state index is -1.25. The molecule has 1 aromatic heterocycles. The predicted molar refractivity (Wildman–Crippen MR) is 89.6 cm³/mol. The zero-order chi connectivity index (χ0) is 16.9. The van der Waals surface area contributed by atoms with Gasteiger partial charge in [0.25, 0.3) is 0 Å². The molecule has 1 heterocycles. The van der Waals surface area contributed by atoms with E-state index in [1.807, 2.05) is 24.3 Å². The number of carbonyl (C=O) groups excluding carboxylic acids is 1. The molecule has 23 heavy (non-hydrogen) atoms. The number of halogens is 1. The van der Waals surface area contributed by atoms with Gasteiger partial charge in [0.15, 0.2) is 0 Å². The lowest BCUT2D eigenvalue weighted by molar-refractivity contribution is 0.0360. The summed E-state index contributed by atoms with van der Waals surface area (Å²) >= 11 is 5.91. The van der Waals surface area contributed by atoms with E-state index < -0.39 is 5.60 Å². The molecule has 2 aromatic rings. The van der Waals surface area contributed by atoms with Crippen molar-refractivity contribution in [1.29, 1.82) is 0 Å². The summed E-state index contributed by atoms with van der Waals surface area (Å²) in [4.78, 5) is 11.8. The smallest absolute Gasteiger partial charge is 0.314 e. The standard InChI is InChI=1S/C17H21ClN2O3/c1-12-6-7-15(23-12)17(2,22)11-20-16(21)19-9-8-13-4-3-5-14(18)10-13/h3-7,10,22H,8-9,11H2,1-2H3,(H2,19,20,21). The van der Waals surface area contributed by atoms with Crippen LogP contribution in [0, 0.1) is 6.92 Å². The van der Waals surface area contributed by atoms with E-state index in [-0.39, 0.29) is 12.6 Å². The number of aryl methyl sites for hydroxylation is 1. The molecule has 0 aliphatic carbocycles. The van der Waals surface area contributed by atoms with Crippen molar-refractivity contribution in [1.82, 2.24) is 10.6 Å². The van der Waals surface area contributed by atoms with Crippen molar-refractivity contribution in [3.8, 4) is 0 Å². The minimum Gasteiger partial charge on any atom is -0.463 e. The fourth-order valence-corrected chi connectivity index (χ4v) is 2.35. The Kier molecular flexibility index (Phi) is 5.69. The molecule has 0 aliphatic heterocycles. The Balaban J connectivity index is 1.74. The first-order valence-corrected chi connectivity index (χ1v) is 7.80. The molecule has 0 fully saturated rings. The maximum atomic E-state index is 11.8. The van der Waals surface area contributed by atoms with Crippen LogP contribution in [0.5, 0.6) is 0 Å². The monoisotopic (exact) mass is 336 g/mol. The minimum absolute atomic E-state index is 0.0585. The molecule has 0 saturated carbocycles. The van der Waals surface area contributed by atoms with Crippen molar-refractivity contribution >= 4 is 17.6 Å². The second kappa shape index (κ2) is 7.53. The highest BCUT2D eigenvalue weighted by Crippen LogP contribution is 2.21. The molecule has 2 amide bonds. The van der Waals surface area contributed by atoms with Crippen LogP contribution in [-0.4, -0.2) is 24.2 Å². The van der Waals surface area contributed by atoms with Crippen LogP contribution in [0.1, 0.15) is 24.0 Å². The molecule has 5 nitrogen and oxygen atoms in total. The number of carbonyl (C=O) groups is 1. The van der Waals surface area contributed by atoms with Crippen LogP contribution in [-0.2, 0) is 12.0 Å². The van der Waals surface area contributed by atoms with E-state index in [0.717, 1.165) is 5.56 Å². The summed E-state index contributed by atoms with van der Waals surface area (Å²) in [6, 6.07) is 10.6. The number of nitrogens with one attached hydrogen (secondary N) is 2. The van der Waals surface area contributed by atoms with Crippen LogP contribution in [0.15, 0.2) is 40.8 Å². The molecule has 1 unspecified atom stereocenters. The molecule has 0 aliphatic rings. The third-order valence-corrected chi connectivity index (χ3v) is 3.69. The maximum absolute atomic E-state index is 11.8. The van der Waals surface area contributed by atoms with Crippen LogP contribution in [0.25, 0.3) is 0 Å². The lowest BCUT2D eigenvalue weighted by Gasteiger charge is -2.21. The van der Waals surface area contributed by atoms with Crippen LogP contribution in [0.3, 0.4) is 0 Å². The van der Waals surface area contributed by atoms with Gasteiger partial charge in [0, 0.05) is 11.6 Å². The zero-order valence-electron chi connectivity index (χ0n) is 13.2. The topological polar surface area (TPSA) is 74.5 Å². The zero-order valence-corrected chi connectivity index (χ0v) is 14.0. The Morgan fingerprint density at radius 2 is 2.09 bits per heavy atom. The van der Waals surface area contributed by atoms with E-state index in [1.165, 1.54) is 0 Å². The van der Waals surface area contributed by atoms with Gasteiger partial charge in [-0.3, -0.25) is 0 Å². The molecule has 0 saturated heterocycles. The van der Waals surface area contributed by atoms with Gasteiger partial charge in [0.1, 0.15) is 17.1 Å². The Morgan fingerprint density at radius 3 is 2.74 bits per heavy atom. The normalized spacial score (nSPS) is 13.4. The summed E-state index contributed by atoms with van der Waals surface area (Å²) in [6.07, 6.45) is 0.682. The lowest BCUT2D eigenvalue weighted by Crippen LogP contribution is -2.43. The summed E-state index contributed by atoms with van der Waals surface area (Å²) in [5.74, 6) is 1.14. The largest absolute Gasteiger partial charge is 0.463 e. The molecule has 0 bridgehead atoms. The van der Waals surface area contributed by atoms with Gasteiger partial charge in [0.2, 0.25) is 0 Å². The molecule has 1 aromatic carbocycles. The molecule has 6 heteroatoms. The van der Waals surface area contributed by atoms with Gasteiger partial charge < -0.3 is 20.2 Å². The SMILES string of the molecule is Cc1ccc(C(C)(O)CNC(=O)NCCc2cccc(Cl)c2)o1. The average Bonchev–Trinajstić information content (AvgIpc) is 2.93. The molecule has 1 atom stereocenters. The molecule has 0 spiro atoms. The van der Waals surface area contributed by atoms with Crippen LogP contribution in [0.4, 0.5) is 4.79 Å². The highest BCUT2D eigenvalue weighted by Gasteiger charge is 2.27. The fraction of sp³-hybridized carbons (Fsp3) is 0.353. The van der Waals surface area contributed by atoms with Gasteiger partial charge in [-0.2, -0.15) is 0 Å². The number of hydrogen-bond acceptors (Lipinski definition) is 3. The predicted octanol–water partition coefficient (Wildman–Crippen LogP) is 2.99. The number of amides is 2. The van der Waals surface area contributed by atoms with Crippen molar-refractivity contribution < 1.29 is 14.3 Å². The van der Waals surface area contributed by atoms with Gasteiger partial charge in [0.05, 0.1) is 6.54 Å². The van der Waals surface area contributed by atoms with Crippen LogP contribution >= 0.6 is 11.6 Å². The van der Waals surface area contributed by atoms with Crippen LogP contribution in [0.2, 0.25) is 5.02 Å². The van der Waals surface area contributed by atoms with Gasteiger partial charge >= 0.3 is 6.03 Å². The van der Waals surface area contributed by atoms with Crippen molar-refractivity contribution in [3.05, 3.63) is 58.5 Å². The number of aliphatic hydroxyl groups is 1. The number of furan rings is 1. The number of hydrogen-bond donors (Lipinski definition) is 3. The number of benzene rings is 1. The van der Waals surface area contributed by atoms with E-state index in [1.54, 1.807) is 26.0 Å². The molecular formula is C17H21ClN2O3. The fourth-order valence-electron chi connectivity index (χ4n) is 2.14. The van der Waals surface area contributed by atoms with Gasteiger partial charge in [-0.05, 0) is 50.1 Å². The van der Waals surface area contributed by atoms with Crippen molar-refractivity contribution in [2.45, 2.75) is 25.9 Å². The quantitative estimate of drug-likeness (QED) is 0.759.